The average molecular weight is 384 g/mol. The standard InChI is InChI=1S/C19H14ClN3O4/c1-11-9-18(27-17-8-5-14(12(2)24)10-16(17)20)22-19(21-11)13-3-6-15(7-4-13)23(25)26/h3-10H,1-2H3. The van der Waals surface area contributed by atoms with Gasteiger partial charge in [-0.25, -0.2) is 4.98 Å². The lowest BCUT2D eigenvalue weighted by Crippen LogP contribution is -1.97. The second-order valence-corrected chi connectivity index (χ2v) is 6.19. The molecule has 0 spiro atoms. The molecule has 0 bridgehead atoms. The van der Waals surface area contributed by atoms with Crippen molar-refractivity contribution in [1.29, 1.82) is 0 Å². The van der Waals surface area contributed by atoms with Gasteiger partial charge < -0.3 is 4.74 Å². The number of ether oxygens (including phenoxy) is 1. The van der Waals surface area contributed by atoms with Gasteiger partial charge in [-0.2, -0.15) is 4.98 Å². The molecule has 0 N–H and O–H groups in total. The molecule has 0 aliphatic carbocycles. The van der Waals surface area contributed by atoms with Crippen molar-refractivity contribution < 1.29 is 14.5 Å². The molecule has 27 heavy (non-hydrogen) atoms. The van der Waals surface area contributed by atoms with E-state index >= 15 is 0 Å². The van der Waals surface area contributed by atoms with Gasteiger partial charge in [-0.05, 0) is 44.2 Å². The molecule has 8 heteroatoms. The lowest BCUT2D eigenvalue weighted by atomic mass is 10.1. The molecule has 3 rings (SSSR count). The first kappa shape index (κ1) is 18.5. The van der Waals surface area contributed by atoms with Gasteiger partial charge in [-0.1, -0.05) is 11.6 Å². The normalized spacial score (nSPS) is 10.5. The molecule has 0 unspecified atom stereocenters. The SMILES string of the molecule is CC(=O)c1ccc(Oc2cc(C)nc(-c3ccc([N+](=O)[O-])cc3)n2)c(Cl)c1. The minimum atomic E-state index is -0.470. The Morgan fingerprint density at radius 1 is 1.11 bits per heavy atom. The lowest BCUT2D eigenvalue weighted by Gasteiger charge is -2.10. The first-order valence-corrected chi connectivity index (χ1v) is 8.30. The van der Waals surface area contributed by atoms with Crippen LogP contribution in [-0.4, -0.2) is 20.7 Å². The van der Waals surface area contributed by atoms with Crippen LogP contribution in [0, 0.1) is 17.0 Å². The van der Waals surface area contributed by atoms with Gasteiger partial charge in [0.2, 0.25) is 5.88 Å². The molecule has 0 amide bonds. The summed E-state index contributed by atoms with van der Waals surface area (Å²) in [6, 6.07) is 12.3. The zero-order valence-corrected chi connectivity index (χ0v) is 15.2. The average Bonchev–Trinajstić information content (AvgIpc) is 2.63. The van der Waals surface area contributed by atoms with Gasteiger partial charge >= 0.3 is 0 Å². The van der Waals surface area contributed by atoms with E-state index < -0.39 is 4.92 Å². The Balaban J connectivity index is 1.92. The highest BCUT2D eigenvalue weighted by molar-refractivity contribution is 6.32. The Hall–Kier alpha value is -3.32. The number of Topliss-reactive ketones (excluding diaryl/α,β-unsaturated/α-hetero) is 1. The quantitative estimate of drug-likeness (QED) is 0.349. The van der Waals surface area contributed by atoms with Crippen LogP contribution in [0.25, 0.3) is 11.4 Å². The summed E-state index contributed by atoms with van der Waals surface area (Å²) in [5.74, 6) is 0.904. The highest BCUT2D eigenvalue weighted by atomic mass is 35.5. The van der Waals surface area contributed by atoms with Crippen molar-refractivity contribution in [2.24, 2.45) is 0 Å². The van der Waals surface area contributed by atoms with Crippen molar-refractivity contribution in [2.45, 2.75) is 13.8 Å². The molecule has 0 saturated carbocycles. The number of halogens is 1. The van der Waals surface area contributed by atoms with Crippen molar-refractivity contribution >= 4 is 23.1 Å². The number of carbonyl (C=O) groups excluding carboxylic acids is 1. The van der Waals surface area contributed by atoms with Gasteiger partial charge in [0.05, 0.1) is 9.95 Å². The minimum Gasteiger partial charge on any atom is -0.437 e. The molecule has 0 aliphatic heterocycles. The fourth-order valence-corrected chi connectivity index (χ4v) is 2.59. The van der Waals surface area contributed by atoms with Gasteiger partial charge in [0, 0.05) is 35.0 Å². The van der Waals surface area contributed by atoms with E-state index in [1.54, 1.807) is 37.3 Å². The fraction of sp³-hybridized carbons (Fsp3) is 0.105. The Morgan fingerprint density at radius 3 is 2.41 bits per heavy atom. The summed E-state index contributed by atoms with van der Waals surface area (Å²) < 4.78 is 5.75. The smallest absolute Gasteiger partial charge is 0.269 e. The van der Waals surface area contributed by atoms with Crippen molar-refractivity contribution in [3.05, 3.63) is 74.9 Å². The molecule has 0 radical (unpaired) electrons. The zero-order valence-electron chi connectivity index (χ0n) is 14.5. The Labute approximate surface area is 159 Å². The molecule has 7 nitrogen and oxygen atoms in total. The van der Waals surface area contributed by atoms with Crippen LogP contribution < -0.4 is 4.74 Å². The van der Waals surface area contributed by atoms with E-state index in [0.717, 1.165) is 0 Å². The van der Waals surface area contributed by atoms with Gasteiger partial charge in [0.1, 0.15) is 5.75 Å². The largest absolute Gasteiger partial charge is 0.437 e. The second kappa shape index (κ2) is 7.51. The second-order valence-electron chi connectivity index (χ2n) is 5.78. The lowest BCUT2D eigenvalue weighted by molar-refractivity contribution is -0.384. The Kier molecular flexibility index (Phi) is 5.14. The van der Waals surface area contributed by atoms with Gasteiger partial charge in [0.25, 0.3) is 5.69 Å². The van der Waals surface area contributed by atoms with Crippen LogP contribution in [0.1, 0.15) is 23.0 Å². The van der Waals surface area contributed by atoms with Crippen molar-refractivity contribution in [3.63, 3.8) is 0 Å². The molecule has 2 aromatic carbocycles. The summed E-state index contributed by atoms with van der Waals surface area (Å²) in [5, 5.41) is 11.1. The fourth-order valence-electron chi connectivity index (χ4n) is 2.37. The van der Waals surface area contributed by atoms with Crippen LogP contribution in [0.3, 0.4) is 0 Å². The number of benzene rings is 2. The third-order valence-electron chi connectivity index (χ3n) is 3.72. The van der Waals surface area contributed by atoms with E-state index in [1.165, 1.54) is 25.1 Å². The van der Waals surface area contributed by atoms with Crippen LogP contribution in [0.5, 0.6) is 11.6 Å². The molecule has 1 aromatic heterocycles. The summed E-state index contributed by atoms with van der Waals surface area (Å²) in [5.41, 5.74) is 1.75. The van der Waals surface area contributed by atoms with E-state index in [-0.39, 0.29) is 22.4 Å². The number of nitrogens with zero attached hydrogens (tertiary/aromatic N) is 3. The summed E-state index contributed by atoms with van der Waals surface area (Å²) in [7, 11) is 0. The molecule has 0 saturated heterocycles. The monoisotopic (exact) mass is 383 g/mol. The number of carbonyl (C=O) groups is 1. The molecular formula is C19H14ClN3O4. The van der Waals surface area contributed by atoms with Gasteiger partial charge in [-0.15, -0.1) is 0 Å². The van der Waals surface area contributed by atoms with Crippen LogP contribution in [0.4, 0.5) is 5.69 Å². The summed E-state index contributed by atoms with van der Waals surface area (Å²) >= 11 is 6.18. The molecule has 0 atom stereocenters. The number of rotatable bonds is 5. The van der Waals surface area contributed by atoms with Crippen molar-refractivity contribution in [2.75, 3.05) is 0 Å². The maximum Gasteiger partial charge on any atom is 0.269 e. The third-order valence-corrected chi connectivity index (χ3v) is 4.02. The Morgan fingerprint density at radius 2 is 1.81 bits per heavy atom. The maximum atomic E-state index is 11.4. The number of aryl methyl sites for hydroxylation is 1. The van der Waals surface area contributed by atoms with Gasteiger partial charge in [-0.3, -0.25) is 14.9 Å². The van der Waals surface area contributed by atoms with E-state index in [1.807, 2.05) is 0 Å². The molecular weight excluding hydrogens is 370 g/mol. The number of nitro groups is 1. The van der Waals surface area contributed by atoms with Crippen molar-refractivity contribution in [3.8, 4) is 23.0 Å². The summed E-state index contributed by atoms with van der Waals surface area (Å²) in [6.45, 7) is 3.24. The molecule has 3 aromatic rings. The minimum absolute atomic E-state index is 0.0137. The highest BCUT2D eigenvalue weighted by Gasteiger charge is 2.12. The van der Waals surface area contributed by atoms with Crippen LogP contribution in [-0.2, 0) is 0 Å². The molecule has 1 heterocycles. The van der Waals surface area contributed by atoms with E-state index in [0.29, 0.717) is 28.4 Å². The van der Waals surface area contributed by atoms with Crippen LogP contribution in [0.2, 0.25) is 5.02 Å². The summed E-state index contributed by atoms with van der Waals surface area (Å²) in [6.07, 6.45) is 0. The number of hydrogen-bond donors (Lipinski definition) is 0. The molecule has 0 aliphatic rings. The number of ketones is 1. The van der Waals surface area contributed by atoms with Crippen LogP contribution in [0.15, 0.2) is 48.5 Å². The van der Waals surface area contributed by atoms with E-state index in [2.05, 4.69) is 9.97 Å². The van der Waals surface area contributed by atoms with E-state index in [9.17, 15) is 14.9 Å². The first-order valence-electron chi connectivity index (χ1n) is 7.92. The third kappa shape index (κ3) is 4.27. The Bertz CT molecular complexity index is 1040. The topological polar surface area (TPSA) is 95.2 Å². The van der Waals surface area contributed by atoms with E-state index in [4.69, 9.17) is 16.3 Å². The molecule has 136 valence electrons. The first-order chi connectivity index (χ1) is 12.8. The molecule has 0 fully saturated rings. The zero-order chi connectivity index (χ0) is 19.6. The number of hydrogen-bond acceptors (Lipinski definition) is 6. The number of non-ortho nitro benzene ring substituents is 1. The summed E-state index contributed by atoms with van der Waals surface area (Å²) in [4.78, 5) is 30.4. The number of nitro benzene ring substituents is 1. The predicted octanol–water partition coefficient (Wildman–Crippen LogP) is 5.01. The van der Waals surface area contributed by atoms with Gasteiger partial charge in [0.15, 0.2) is 11.6 Å². The van der Waals surface area contributed by atoms with Crippen molar-refractivity contribution in [1.82, 2.24) is 9.97 Å². The van der Waals surface area contributed by atoms with Crippen LogP contribution >= 0.6 is 11.6 Å². The highest BCUT2D eigenvalue weighted by Crippen LogP contribution is 2.31. The number of aromatic nitrogens is 2. The predicted molar refractivity (Wildman–Crippen MR) is 100 cm³/mol. The maximum absolute atomic E-state index is 11.4.